The summed E-state index contributed by atoms with van der Waals surface area (Å²) in [5, 5.41) is 3.05. The van der Waals surface area contributed by atoms with Crippen LogP contribution in [-0.2, 0) is 6.61 Å². The monoisotopic (exact) mass is 230 g/mol. The maximum absolute atomic E-state index is 5.38. The maximum atomic E-state index is 5.38. The van der Waals surface area contributed by atoms with Crippen molar-refractivity contribution in [1.82, 2.24) is 9.36 Å². The van der Waals surface area contributed by atoms with E-state index >= 15 is 0 Å². The number of ether oxygens (including phenoxy) is 1. The second-order valence-electron chi connectivity index (χ2n) is 2.23. The molecular weight excluding hydrogens is 224 g/mol. The Morgan fingerprint density at radius 1 is 1.54 bits per heavy atom. The predicted octanol–water partition coefficient (Wildman–Crippen LogP) is 2.47. The Kier molecular flexibility index (Phi) is 2.82. The van der Waals surface area contributed by atoms with E-state index in [1.54, 1.807) is 11.3 Å². The second-order valence-corrected chi connectivity index (χ2v) is 4.37. The molecule has 0 saturated heterocycles. The van der Waals surface area contributed by atoms with E-state index in [4.69, 9.17) is 4.74 Å². The summed E-state index contributed by atoms with van der Waals surface area (Å²) in [4.78, 5) is 5.14. The number of thiol groups is 1. The number of hydrogen-bond donors (Lipinski definition) is 1. The van der Waals surface area contributed by atoms with E-state index in [9.17, 15) is 0 Å². The zero-order valence-corrected chi connectivity index (χ0v) is 9.03. The third kappa shape index (κ3) is 2.43. The van der Waals surface area contributed by atoms with Gasteiger partial charge < -0.3 is 4.74 Å². The van der Waals surface area contributed by atoms with Gasteiger partial charge in [-0.05, 0) is 11.4 Å². The molecule has 0 aromatic carbocycles. The molecule has 2 aromatic rings. The molecule has 0 saturated carbocycles. The Labute approximate surface area is 89.0 Å². The molecule has 6 heteroatoms. The van der Waals surface area contributed by atoms with Gasteiger partial charge in [0.2, 0.25) is 5.16 Å². The fourth-order valence-corrected chi connectivity index (χ4v) is 2.13. The third-order valence-electron chi connectivity index (χ3n) is 1.31. The first-order valence-electron chi connectivity index (χ1n) is 3.52. The molecule has 13 heavy (non-hydrogen) atoms. The molecule has 68 valence electrons. The minimum Gasteiger partial charge on any atom is -0.463 e. The van der Waals surface area contributed by atoms with Gasteiger partial charge >= 0.3 is 0 Å². The van der Waals surface area contributed by atoms with Crippen molar-refractivity contribution in [1.29, 1.82) is 0 Å². The normalized spacial score (nSPS) is 10.2. The van der Waals surface area contributed by atoms with Crippen molar-refractivity contribution in [2.24, 2.45) is 0 Å². The van der Waals surface area contributed by atoms with Gasteiger partial charge in [-0.2, -0.15) is 9.36 Å². The topological polar surface area (TPSA) is 35.0 Å². The smallest absolute Gasteiger partial charge is 0.294 e. The van der Waals surface area contributed by atoms with E-state index in [1.807, 2.05) is 17.5 Å². The molecule has 0 N–H and O–H groups in total. The van der Waals surface area contributed by atoms with Crippen LogP contribution in [0.25, 0.3) is 0 Å². The zero-order valence-electron chi connectivity index (χ0n) is 6.51. The molecule has 0 unspecified atom stereocenters. The Bertz CT molecular complexity index is 371. The SMILES string of the molecule is Sc1nsc(OCc2cccs2)n1. The summed E-state index contributed by atoms with van der Waals surface area (Å²) in [6.45, 7) is 0.556. The summed E-state index contributed by atoms with van der Waals surface area (Å²) in [5.41, 5.74) is 0. The molecular formula is C7H6N2OS3. The highest BCUT2D eigenvalue weighted by molar-refractivity contribution is 7.80. The number of thiophene rings is 1. The van der Waals surface area contributed by atoms with Gasteiger partial charge in [-0.15, -0.1) is 24.0 Å². The first-order chi connectivity index (χ1) is 6.34. The van der Waals surface area contributed by atoms with Crippen LogP contribution in [0.1, 0.15) is 4.88 Å². The van der Waals surface area contributed by atoms with E-state index in [0.29, 0.717) is 17.0 Å². The van der Waals surface area contributed by atoms with Crippen LogP contribution >= 0.6 is 35.5 Å². The van der Waals surface area contributed by atoms with E-state index in [2.05, 4.69) is 22.0 Å². The lowest BCUT2D eigenvalue weighted by Gasteiger charge is -1.96. The zero-order chi connectivity index (χ0) is 9.10. The molecule has 0 aliphatic heterocycles. The predicted molar refractivity (Wildman–Crippen MR) is 55.8 cm³/mol. The van der Waals surface area contributed by atoms with Crippen LogP contribution in [-0.4, -0.2) is 9.36 Å². The minimum absolute atomic E-state index is 0.464. The number of hydrogen-bond acceptors (Lipinski definition) is 6. The molecule has 0 radical (unpaired) electrons. The molecule has 0 aliphatic carbocycles. The highest BCUT2D eigenvalue weighted by Crippen LogP contribution is 2.18. The average molecular weight is 230 g/mol. The maximum Gasteiger partial charge on any atom is 0.294 e. The number of nitrogens with zero attached hydrogens (tertiary/aromatic N) is 2. The van der Waals surface area contributed by atoms with Crippen molar-refractivity contribution in [3.05, 3.63) is 22.4 Å². The molecule has 2 rings (SSSR count). The van der Waals surface area contributed by atoms with Gasteiger partial charge in [-0.1, -0.05) is 6.07 Å². The molecule has 3 nitrogen and oxygen atoms in total. The summed E-state index contributed by atoms with van der Waals surface area (Å²) in [5.74, 6) is 0. The lowest BCUT2D eigenvalue weighted by atomic mass is 10.5. The number of rotatable bonds is 3. The Balaban J connectivity index is 1.93. The van der Waals surface area contributed by atoms with Crippen molar-refractivity contribution in [3.63, 3.8) is 0 Å². The summed E-state index contributed by atoms with van der Waals surface area (Å²) >= 11 is 6.86. The lowest BCUT2D eigenvalue weighted by molar-refractivity contribution is 0.306. The van der Waals surface area contributed by atoms with Gasteiger partial charge in [-0.25, -0.2) is 0 Å². The van der Waals surface area contributed by atoms with Crippen molar-refractivity contribution in [2.75, 3.05) is 0 Å². The van der Waals surface area contributed by atoms with Crippen LogP contribution in [0.5, 0.6) is 5.19 Å². The van der Waals surface area contributed by atoms with Gasteiger partial charge in [0.05, 0.1) is 0 Å². The molecule has 0 atom stereocenters. The standard InChI is InChI=1S/C7H6N2OS3/c11-6-8-7(13-9-6)10-4-5-2-1-3-12-5/h1-3H,4H2,(H,9,11). The molecule has 0 spiro atoms. The first kappa shape index (κ1) is 8.98. The van der Waals surface area contributed by atoms with E-state index in [1.165, 1.54) is 16.4 Å². The number of aromatic nitrogens is 2. The molecule has 0 bridgehead atoms. The fourth-order valence-electron chi connectivity index (χ4n) is 0.789. The van der Waals surface area contributed by atoms with Crippen LogP contribution in [0.2, 0.25) is 0 Å². The van der Waals surface area contributed by atoms with E-state index < -0.39 is 0 Å². The molecule has 0 aliphatic rings. The first-order valence-corrected chi connectivity index (χ1v) is 5.62. The highest BCUT2D eigenvalue weighted by Gasteiger charge is 2.01. The summed E-state index contributed by atoms with van der Waals surface area (Å²) in [7, 11) is 0. The van der Waals surface area contributed by atoms with Crippen LogP contribution in [0.4, 0.5) is 0 Å². The highest BCUT2D eigenvalue weighted by atomic mass is 32.1. The molecule has 2 aromatic heterocycles. The summed E-state index contributed by atoms with van der Waals surface area (Å²) in [6, 6.07) is 4.01. The minimum atomic E-state index is 0.464. The Morgan fingerprint density at radius 2 is 2.46 bits per heavy atom. The van der Waals surface area contributed by atoms with Crippen molar-refractivity contribution in [2.45, 2.75) is 11.8 Å². The lowest BCUT2D eigenvalue weighted by Crippen LogP contribution is -1.91. The molecule has 0 fully saturated rings. The Hall–Kier alpha value is -0.590. The quantitative estimate of drug-likeness (QED) is 0.823. The summed E-state index contributed by atoms with van der Waals surface area (Å²) < 4.78 is 9.27. The van der Waals surface area contributed by atoms with Gasteiger partial charge in [0, 0.05) is 16.4 Å². The van der Waals surface area contributed by atoms with E-state index in [-0.39, 0.29) is 0 Å². The Morgan fingerprint density at radius 3 is 3.08 bits per heavy atom. The van der Waals surface area contributed by atoms with Gasteiger partial charge in [0.1, 0.15) is 6.61 Å². The largest absolute Gasteiger partial charge is 0.463 e. The van der Waals surface area contributed by atoms with Crippen LogP contribution in [0.3, 0.4) is 0 Å². The fraction of sp³-hybridized carbons (Fsp3) is 0.143. The van der Waals surface area contributed by atoms with Crippen molar-refractivity contribution in [3.8, 4) is 5.19 Å². The van der Waals surface area contributed by atoms with Crippen molar-refractivity contribution >= 4 is 35.5 Å². The van der Waals surface area contributed by atoms with Gasteiger partial charge in [-0.3, -0.25) is 0 Å². The summed E-state index contributed by atoms with van der Waals surface area (Å²) in [6.07, 6.45) is 0. The van der Waals surface area contributed by atoms with Crippen LogP contribution in [0, 0.1) is 0 Å². The second kappa shape index (κ2) is 4.08. The van der Waals surface area contributed by atoms with Gasteiger partial charge in [0.25, 0.3) is 5.19 Å². The molecule has 2 heterocycles. The third-order valence-corrected chi connectivity index (χ3v) is 3.13. The molecule has 0 amide bonds. The van der Waals surface area contributed by atoms with Crippen LogP contribution < -0.4 is 4.74 Å². The van der Waals surface area contributed by atoms with Gasteiger partial charge in [0.15, 0.2) is 0 Å². The van der Waals surface area contributed by atoms with Crippen molar-refractivity contribution < 1.29 is 4.74 Å². The van der Waals surface area contributed by atoms with E-state index in [0.717, 1.165) is 0 Å². The average Bonchev–Trinajstić information content (AvgIpc) is 2.71. The van der Waals surface area contributed by atoms with Crippen LogP contribution in [0.15, 0.2) is 22.7 Å².